The second-order valence-corrected chi connectivity index (χ2v) is 9.06. The Labute approximate surface area is 180 Å². The van der Waals surface area contributed by atoms with Crippen LogP contribution in [0.3, 0.4) is 0 Å². The molecule has 0 saturated carbocycles. The molecule has 8 heteroatoms. The quantitative estimate of drug-likeness (QED) is 0.514. The maximum Gasteiger partial charge on any atom is 0.338 e. The second kappa shape index (κ2) is 8.63. The minimum atomic E-state index is -0.509. The highest BCUT2D eigenvalue weighted by molar-refractivity contribution is 8.04. The van der Waals surface area contributed by atoms with Gasteiger partial charge in [-0.25, -0.2) is 9.78 Å². The number of hydrogen-bond donors (Lipinski definition) is 0. The zero-order valence-corrected chi connectivity index (χ0v) is 18.8. The fourth-order valence-corrected chi connectivity index (χ4v) is 4.10. The molecule has 1 aliphatic rings. The molecule has 1 fully saturated rings. The van der Waals surface area contributed by atoms with Gasteiger partial charge in [0.1, 0.15) is 5.82 Å². The van der Waals surface area contributed by atoms with Crippen LogP contribution in [-0.4, -0.2) is 44.5 Å². The topological polar surface area (TPSA) is 81.5 Å². The molecule has 30 heavy (non-hydrogen) atoms. The summed E-state index contributed by atoms with van der Waals surface area (Å²) >= 11 is 1.37. The van der Waals surface area contributed by atoms with E-state index in [1.54, 1.807) is 30.0 Å². The van der Waals surface area contributed by atoms with E-state index < -0.39 is 5.41 Å². The van der Waals surface area contributed by atoms with E-state index in [0.29, 0.717) is 40.8 Å². The second-order valence-electron chi connectivity index (χ2n) is 8.06. The maximum absolute atomic E-state index is 12.5. The number of carbonyl (C=O) groups excluding carboxylic acids is 3. The van der Waals surface area contributed by atoms with Gasteiger partial charge in [-0.2, -0.15) is 0 Å². The van der Waals surface area contributed by atoms with Gasteiger partial charge in [-0.3, -0.25) is 14.5 Å². The van der Waals surface area contributed by atoms with Crippen LogP contribution in [0.5, 0.6) is 0 Å². The van der Waals surface area contributed by atoms with Crippen molar-refractivity contribution in [3.05, 3.63) is 40.7 Å². The van der Waals surface area contributed by atoms with E-state index in [4.69, 9.17) is 4.74 Å². The van der Waals surface area contributed by atoms with Crippen LogP contribution in [0.1, 0.15) is 50.8 Å². The van der Waals surface area contributed by atoms with Gasteiger partial charge in [0.25, 0.3) is 0 Å². The highest BCUT2D eigenvalue weighted by Gasteiger charge is 2.30. The summed E-state index contributed by atoms with van der Waals surface area (Å²) in [5.74, 6) is 0.563. The van der Waals surface area contributed by atoms with Gasteiger partial charge in [0, 0.05) is 18.0 Å². The van der Waals surface area contributed by atoms with Crippen molar-refractivity contribution in [2.45, 2.75) is 47.7 Å². The van der Waals surface area contributed by atoms with Crippen LogP contribution in [0.15, 0.2) is 29.3 Å². The van der Waals surface area contributed by atoms with Crippen LogP contribution >= 0.6 is 11.8 Å². The lowest BCUT2D eigenvalue weighted by Gasteiger charge is -2.19. The fourth-order valence-electron chi connectivity index (χ4n) is 3.16. The zero-order valence-electron chi connectivity index (χ0n) is 18.0. The third-order valence-electron chi connectivity index (χ3n) is 4.86. The lowest BCUT2D eigenvalue weighted by atomic mass is 9.91. The Hall–Kier alpha value is -2.61. The summed E-state index contributed by atoms with van der Waals surface area (Å²) in [5, 5.41) is 0.654. The highest BCUT2D eigenvalue weighted by atomic mass is 32.2. The summed E-state index contributed by atoms with van der Waals surface area (Å²) in [7, 11) is 0. The first-order valence-corrected chi connectivity index (χ1v) is 11.0. The van der Waals surface area contributed by atoms with Crippen molar-refractivity contribution in [1.29, 1.82) is 0 Å². The van der Waals surface area contributed by atoms with Gasteiger partial charge in [0.2, 0.25) is 5.91 Å². The molecule has 1 aromatic heterocycles. The Morgan fingerprint density at radius 1 is 1.27 bits per heavy atom. The molecule has 2 heterocycles. The summed E-state index contributed by atoms with van der Waals surface area (Å²) in [6.07, 6.45) is 1.56. The van der Waals surface area contributed by atoms with Crippen LogP contribution in [-0.2, 0) is 27.4 Å². The van der Waals surface area contributed by atoms with Crippen molar-refractivity contribution in [2.75, 3.05) is 12.4 Å². The molecular weight excluding hydrogens is 402 g/mol. The Balaban J connectivity index is 1.95. The Bertz CT molecular complexity index is 1030. The normalized spacial score (nSPS) is 16.0. The number of hydrogen-bond acceptors (Lipinski definition) is 6. The van der Waals surface area contributed by atoms with Crippen molar-refractivity contribution < 1.29 is 19.1 Å². The Morgan fingerprint density at radius 3 is 2.63 bits per heavy atom. The minimum Gasteiger partial charge on any atom is -0.462 e. The highest BCUT2D eigenvalue weighted by Crippen LogP contribution is 2.32. The molecule has 0 aliphatic carbocycles. The van der Waals surface area contributed by atoms with Crippen molar-refractivity contribution in [3.63, 3.8) is 0 Å². The maximum atomic E-state index is 12.5. The molecular formula is C22H27N3O4S. The van der Waals surface area contributed by atoms with E-state index in [1.807, 2.05) is 38.3 Å². The Kier molecular flexibility index (Phi) is 6.36. The molecule has 2 aromatic rings. The molecule has 7 nitrogen and oxygen atoms in total. The number of carbonyl (C=O) groups is 3. The standard InChI is InChI=1S/C22H27N3O4S/c1-6-24-16-9-8-14(21(28)29-7-2)10-15(16)23-18(24)12-25-19(27)13-30-20(25)11-17(26)22(3,4)5/h8-11H,6-7,12-13H2,1-5H3. The number of benzene rings is 1. The van der Waals surface area contributed by atoms with Crippen molar-refractivity contribution in [2.24, 2.45) is 5.41 Å². The number of aryl methyl sites for hydroxylation is 1. The predicted molar refractivity (Wildman–Crippen MR) is 117 cm³/mol. The third-order valence-corrected chi connectivity index (χ3v) is 5.88. The molecule has 0 spiro atoms. The van der Waals surface area contributed by atoms with Crippen LogP contribution in [0.25, 0.3) is 11.0 Å². The summed E-state index contributed by atoms with van der Waals surface area (Å²) in [5.41, 5.74) is 1.50. The van der Waals surface area contributed by atoms with Crippen molar-refractivity contribution in [1.82, 2.24) is 14.5 Å². The lowest BCUT2D eigenvalue weighted by Crippen LogP contribution is -2.27. The number of ether oxygens (including phenoxy) is 1. The van der Waals surface area contributed by atoms with Gasteiger partial charge < -0.3 is 9.30 Å². The third kappa shape index (κ3) is 4.43. The first-order valence-electron chi connectivity index (χ1n) is 10.0. The lowest BCUT2D eigenvalue weighted by molar-refractivity contribution is -0.126. The van der Waals surface area contributed by atoms with E-state index in [-0.39, 0.29) is 24.2 Å². The van der Waals surface area contributed by atoms with E-state index in [9.17, 15) is 14.4 Å². The smallest absolute Gasteiger partial charge is 0.338 e. The Morgan fingerprint density at radius 2 is 2.00 bits per heavy atom. The average Bonchev–Trinajstić information content (AvgIpc) is 3.21. The first kappa shape index (κ1) is 22.1. The monoisotopic (exact) mass is 429 g/mol. The van der Waals surface area contributed by atoms with Crippen LogP contribution in [0, 0.1) is 5.41 Å². The van der Waals surface area contributed by atoms with Crippen LogP contribution in [0.4, 0.5) is 0 Å². The summed E-state index contributed by atoms with van der Waals surface area (Å²) in [6, 6.07) is 5.29. The first-order chi connectivity index (χ1) is 14.2. The van der Waals surface area contributed by atoms with Crippen molar-refractivity contribution in [3.8, 4) is 0 Å². The molecule has 1 aromatic carbocycles. The van der Waals surface area contributed by atoms with Gasteiger partial charge in [-0.1, -0.05) is 32.5 Å². The SMILES string of the molecule is CCOC(=O)c1ccc2c(c1)nc(CN1C(=O)CSC1=CC(=O)C(C)(C)C)n2CC. The molecule has 1 amide bonds. The molecule has 0 bridgehead atoms. The molecule has 0 radical (unpaired) electrons. The molecule has 1 aliphatic heterocycles. The molecule has 0 N–H and O–H groups in total. The van der Waals surface area contributed by atoms with Gasteiger partial charge in [0.15, 0.2) is 5.78 Å². The van der Waals surface area contributed by atoms with E-state index in [1.165, 1.54) is 11.8 Å². The van der Waals surface area contributed by atoms with Gasteiger partial charge in [-0.05, 0) is 32.0 Å². The van der Waals surface area contributed by atoms with Gasteiger partial charge in [-0.15, -0.1) is 0 Å². The number of allylic oxidation sites excluding steroid dienone is 1. The van der Waals surface area contributed by atoms with Crippen LogP contribution < -0.4 is 0 Å². The summed E-state index contributed by atoms with van der Waals surface area (Å²) < 4.78 is 7.09. The number of ketones is 1. The number of rotatable bonds is 6. The fraction of sp³-hybridized carbons (Fsp3) is 0.455. The summed E-state index contributed by atoms with van der Waals surface area (Å²) in [4.78, 5) is 43.3. The van der Waals surface area contributed by atoms with Crippen LogP contribution in [0.2, 0.25) is 0 Å². The van der Waals surface area contributed by atoms with E-state index >= 15 is 0 Å². The number of amides is 1. The molecule has 160 valence electrons. The largest absolute Gasteiger partial charge is 0.462 e. The summed E-state index contributed by atoms with van der Waals surface area (Å²) in [6.45, 7) is 10.6. The number of fused-ring (bicyclic) bond motifs is 1. The number of thioether (sulfide) groups is 1. The molecule has 1 saturated heterocycles. The van der Waals surface area contributed by atoms with E-state index in [2.05, 4.69) is 4.98 Å². The predicted octanol–water partition coefficient (Wildman–Crippen LogP) is 3.76. The van der Waals surface area contributed by atoms with Gasteiger partial charge >= 0.3 is 5.97 Å². The number of aromatic nitrogens is 2. The molecule has 0 atom stereocenters. The van der Waals surface area contributed by atoms with E-state index in [0.717, 1.165) is 5.52 Å². The zero-order chi connectivity index (χ0) is 22.1. The number of nitrogens with zero attached hydrogens (tertiary/aromatic N) is 3. The average molecular weight is 430 g/mol. The minimum absolute atomic E-state index is 0.0206. The molecule has 3 rings (SSSR count). The number of esters is 1. The molecule has 0 unspecified atom stereocenters. The van der Waals surface area contributed by atoms with Crippen molar-refractivity contribution >= 4 is 40.5 Å². The van der Waals surface area contributed by atoms with Gasteiger partial charge in [0.05, 0.1) is 40.5 Å². The number of imidazole rings is 1.